The summed E-state index contributed by atoms with van der Waals surface area (Å²) < 4.78 is 1.61. The quantitative estimate of drug-likeness (QED) is 0.271. The highest BCUT2D eigenvalue weighted by Crippen LogP contribution is 2.34. The third kappa shape index (κ3) is 6.94. The number of aryl methyl sites for hydroxylation is 2. The minimum absolute atomic E-state index is 0.0262. The van der Waals surface area contributed by atoms with E-state index < -0.39 is 0 Å². The molecule has 2 aliphatic rings. The van der Waals surface area contributed by atoms with Gasteiger partial charge in [-0.2, -0.15) is 5.10 Å². The maximum absolute atomic E-state index is 14.2. The van der Waals surface area contributed by atoms with Gasteiger partial charge in [0, 0.05) is 49.7 Å². The number of carbonyl (C=O) groups is 3. The molecule has 4 aromatic rings. The first-order chi connectivity index (χ1) is 21.8. The lowest BCUT2D eigenvalue weighted by molar-refractivity contribution is -0.139. The molecule has 1 aromatic carbocycles. The van der Waals surface area contributed by atoms with Crippen molar-refractivity contribution in [2.45, 2.75) is 58.5 Å². The number of nitrogens with one attached hydrogen (secondary N) is 2. The number of aromatic nitrogens is 3. The summed E-state index contributed by atoms with van der Waals surface area (Å²) in [6.07, 6.45) is 5.96. The van der Waals surface area contributed by atoms with Gasteiger partial charge in [-0.3, -0.25) is 24.0 Å². The van der Waals surface area contributed by atoms with E-state index in [0.717, 1.165) is 45.6 Å². The lowest BCUT2D eigenvalue weighted by Crippen LogP contribution is -2.52. The van der Waals surface area contributed by atoms with E-state index in [1.165, 1.54) is 19.3 Å². The Labute approximate surface area is 267 Å². The maximum Gasteiger partial charge on any atom is 0.252 e. The van der Waals surface area contributed by atoms with E-state index in [1.807, 2.05) is 48.7 Å². The minimum atomic E-state index is -0.260. The highest BCUT2D eigenvalue weighted by Gasteiger charge is 2.30. The molecule has 1 saturated heterocycles. The molecular formula is C34H41N7O3S. The number of amides is 3. The van der Waals surface area contributed by atoms with Crippen LogP contribution in [0.5, 0.6) is 0 Å². The van der Waals surface area contributed by atoms with Crippen LogP contribution in [0.4, 0.5) is 5.82 Å². The van der Waals surface area contributed by atoms with Crippen molar-refractivity contribution in [1.29, 1.82) is 0 Å². The van der Waals surface area contributed by atoms with Gasteiger partial charge in [0.05, 0.1) is 40.4 Å². The van der Waals surface area contributed by atoms with Gasteiger partial charge in [0.15, 0.2) is 0 Å². The van der Waals surface area contributed by atoms with Gasteiger partial charge >= 0.3 is 0 Å². The summed E-state index contributed by atoms with van der Waals surface area (Å²) in [5.41, 5.74) is 3.82. The summed E-state index contributed by atoms with van der Waals surface area (Å²) in [5.74, 6) is 0.593. The summed E-state index contributed by atoms with van der Waals surface area (Å²) in [5, 5.41) is 13.3. The highest BCUT2D eigenvalue weighted by atomic mass is 32.1. The molecule has 3 amide bonds. The fraction of sp³-hybridized carbons (Fsp3) is 0.441. The number of para-hydroxylation sites is 1. The number of pyridine rings is 1. The molecule has 1 aliphatic heterocycles. The Morgan fingerprint density at radius 1 is 1.09 bits per heavy atom. The molecule has 1 saturated carbocycles. The molecule has 0 bridgehead atoms. The molecule has 45 heavy (non-hydrogen) atoms. The zero-order valence-corrected chi connectivity index (χ0v) is 27.0. The van der Waals surface area contributed by atoms with Gasteiger partial charge in [-0.05, 0) is 50.1 Å². The van der Waals surface area contributed by atoms with E-state index in [9.17, 15) is 14.4 Å². The number of benzene rings is 1. The zero-order valence-electron chi connectivity index (χ0n) is 26.2. The van der Waals surface area contributed by atoms with Crippen LogP contribution in [0.2, 0.25) is 0 Å². The lowest BCUT2D eigenvalue weighted by Gasteiger charge is -2.34. The van der Waals surface area contributed by atoms with Crippen molar-refractivity contribution < 1.29 is 14.4 Å². The van der Waals surface area contributed by atoms with Crippen LogP contribution in [0.1, 0.15) is 60.6 Å². The molecule has 236 valence electrons. The van der Waals surface area contributed by atoms with Crippen LogP contribution in [0.25, 0.3) is 21.5 Å². The molecule has 2 N–H and O–H groups in total. The van der Waals surface area contributed by atoms with Gasteiger partial charge in [-0.1, -0.05) is 43.5 Å². The summed E-state index contributed by atoms with van der Waals surface area (Å²) in [7, 11) is 1.77. The molecule has 1 atom stereocenters. The monoisotopic (exact) mass is 627 g/mol. The number of carbonyl (C=O) groups excluding carboxylic acids is 3. The van der Waals surface area contributed by atoms with Gasteiger partial charge in [-0.25, -0.2) is 4.98 Å². The van der Waals surface area contributed by atoms with Crippen molar-refractivity contribution in [3.8, 4) is 10.6 Å². The first-order valence-corrected chi connectivity index (χ1v) is 16.7. The third-order valence-corrected chi connectivity index (χ3v) is 9.95. The number of hydrogen-bond acceptors (Lipinski definition) is 7. The van der Waals surface area contributed by atoms with Crippen molar-refractivity contribution in [3.63, 3.8) is 0 Å². The highest BCUT2D eigenvalue weighted by molar-refractivity contribution is 7.13. The molecule has 2 fully saturated rings. The Morgan fingerprint density at radius 3 is 2.60 bits per heavy atom. The summed E-state index contributed by atoms with van der Waals surface area (Å²) >= 11 is 1.59. The molecule has 10 nitrogen and oxygen atoms in total. The van der Waals surface area contributed by atoms with E-state index in [0.29, 0.717) is 36.9 Å². The molecule has 3 aromatic heterocycles. The topological polar surface area (TPSA) is 112 Å². The molecule has 4 heterocycles. The van der Waals surface area contributed by atoms with Crippen molar-refractivity contribution >= 4 is 45.8 Å². The third-order valence-electron chi connectivity index (χ3n) is 9.07. The second-order valence-electron chi connectivity index (χ2n) is 12.3. The molecule has 6 rings (SSSR count). The normalized spacial score (nSPS) is 17.0. The number of fused-ring (bicyclic) bond motifs is 1. The number of hydrogen-bond donors (Lipinski definition) is 2. The second-order valence-corrected chi connectivity index (χ2v) is 13.3. The van der Waals surface area contributed by atoms with Gasteiger partial charge in [0.25, 0.3) is 5.91 Å². The number of anilines is 1. The van der Waals surface area contributed by atoms with Crippen LogP contribution in [0.15, 0.2) is 47.8 Å². The molecule has 11 heteroatoms. The Balaban J connectivity index is 1.25. The summed E-state index contributed by atoms with van der Waals surface area (Å²) in [6.45, 7) is 5.48. The van der Waals surface area contributed by atoms with Crippen LogP contribution in [-0.4, -0.2) is 74.5 Å². The van der Waals surface area contributed by atoms with Crippen LogP contribution in [-0.2, 0) is 23.2 Å². The Bertz CT molecular complexity index is 1690. The van der Waals surface area contributed by atoms with Crippen LogP contribution >= 0.6 is 11.3 Å². The van der Waals surface area contributed by atoms with E-state index >= 15 is 0 Å². The Hall–Kier alpha value is -4.09. The van der Waals surface area contributed by atoms with Gasteiger partial charge in [0.2, 0.25) is 11.8 Å². The minimum Gasteiger partial charge on any atom is -0.349 e. The fourth-order valence-corrected chi connectivity index (χ4v) is 7.42. The largest absolute Gasteiger partial charge is 0.349 e. The van der Waals surface area contributed by atoms with Crippen LogP contribution < -0.4 is 10.6 Å². The molecular weight excluding hydrogens is 586 g/mol. The SMILES string of the molecule is Cc1cc(NC(=O)CN2CCN(Cc3c(-c4cccs4)nc4ccccc4c3C(=O)NC(C)C3CCCCC3)CC2=O)n(C)n1. The molecule has 1 aliphatic carbocycles. The first-order valence-electron chi connectivity index (χ1n) is 15.8. The van der Waals surface area contributed by atoms with Crippen molar-refractivity contribution in [3.05, 3.63) is 64.7 Å². The van der Waals surface area contributed by atoms with Crippen LogP contribution in [0.3, 0.4) is 0 Å². The molecule has 0 spiro atoms. The van der Waals surface area contributed by atoms with Crippen molar-refractivity contribution in [1.82, 2.24) is 29.9 Å². The zero-order chi connectivity index (χ0) is 31.5. The van der Waals surface area contributed by atoms with Crippen molar-refractivity contribution in [2.75, 3.05) is 31.5 Å². The van der Waals surface area contributed by atoms with Gasteiger partial charge in [-0.15, -0.1) is 11.3 Å². The molecule has 1 unspecified atom stereocenters. The first kappa shape index (κ1) is 30.9. The average molecular weight is 628 g/mol. The predicted molar refractivity (Wildman–Crippen MR) is 177 cm³/mol. The Morgan fingerprint density at radius 2 is 1.89 bits per heavy atom. The number of thiophene rings is 1. The standard InChI is InChI=1S/C34H41N7O3S/c1-22-18-29(39(3)38-22)37-30(42)20-41-16-15-40(21-31(41)43)19-26-32(34(44)35-23(2)24-10-5-4-6-11-24)25-12-7-8-13-27(25)36-33(26)28-14-9-17-45-28/h7-9,12-14,17-18,23-24H,4-6,10-11,15-16,19-21H2,1-3H3,(H,35,44)(H,37,42). The van der Waals surface area contributed by atoms with Crippen molar-refractivity contribution in [2.24, 2.45) is 13.0 Å². The maximum atomic E-state index is 14.2. The van der Waals surface area contributed by atoms with Crippen LogP contribution in [0, 0.1) is 12.8 Å². The molecule has 0 radical (unpaired) electrons. The summed E-state index contributed by atoms with van der Waals surface area (Å²) in [4.78, 5) is 50.0. The van der Waals surface area contributed by atoms with E-state index in [2.05, 4.69) is 27.6 Å². The number of rotatable bonds is 9. The lowest BCUT2D eigenvalue weighted by atomic mass is 9.84. The van der Waals surface area contributed by atoms with E-state index in [1.54, 1.807) is 34.0 Å². The van der Waals surface area contributed by atoms with Gasteiger partial charge in [0.1, 0.15) is 5.82 Å². The van der Waals surface area contributed by atoms with E-state index in [4.69, 9.17) is 4.98 Å². The fourth-order valence-electron chi connectivity index (χ4n) is 6.68. The van der Waals surface area contributed by atoms with E-state index in [-0.39, 0.29) is 36.9 Å². The predicted octanol–water partition coefficient (Wildman–Crippen LogP) is 4.99. The summed E-state index contributed by atoms with van der Waals surface area (Å²) in [6, 6.07) is 13.7. The van der Waals surface area contributed by atoms with Gasteiger partial charge < -0.3 is 15.5 Å². The number of piperazine rings is 1. The average Bonchev–Trinajstić information content (AvgIpc) is 3.67. The Kier molecular flexibility index (Phi) is 9.27. The smallest absolute Gasteiger partial charge is 0.252 e. The second kappa shape index (κ2) is 13.5. The number of nitrogens with zero attached hydrogens (tertiary/aromatic N) is 5.